The van der Waals surface area contributed by atoms with E-state index in [9.17, 15) is 4.21 Å². The molecule has 0 saturated carbocycles. The Hall–Kier alpha value is 0.0300. The smallest absolute Gasteiger partial charge is 0.0626 e. The third kappa shape index (κ3) is 4.17. The zero-order valence-electron chi connectivity index (χ0n) is 8.07. The Morgan fingerprint density at radius 3 is 2.69 bits per heavy atom. The third-order valence-electron chi connectivity index (χ3n) is 2.14. The predicted octanol–water partition coefficient (Wildman–Crippen LogP) is -0.976. The number of hydrogen-bond acceptors (Lipinski definition) is 4. The van der Waals surface area contributed by atoms with Gasteiger partial charge in [-0.2, -0.15) is 0 Å². The van der Waals surface area contributed by atoms with E-state index in [-0.39, 0.29) is 6.04 Å². The average Bonchev–Trinajstić information content (AvgIpc) is 2.09. The number of ether oxygens (including phenoxy) is 1. The highest BCUT2D eigenvalue weighted by Crippen LogP contribution is 2.00. The normalized spacial score (nSPS) is 23.2. The molecule has 0 aromatic heterocycles. The second kappa shape index (κ2) is 5.70. The molecule has 2 N–H and O–H groups in total. The zero-order chi connectivity index (χ0) is 9.68. The molecule has 1 atom stereocenters. The van der Waals surface area contributed by atoms with Gasteiger partial charge in [0.2, 0.25) is 0 Å². The average molecular weight is 206 g/mol. The van der Waals surface area contributed by atoms with Crippen molar-refractivity contribution in [1.82, 2.24) is 4.90 Å². The lowest BCUT2D eigenvalue weighted by atomic mass is 10.3. The summed E-state index contributed by atoms with van der Waals surface area (Å²) in [6.45, 7) is 3.26. The molecule has 78 valence electrons. The summed E-state index contributed by atoms with van der Waals surface area (Å²) in [6, 6.07) is 0.0801. The maximum atomic E-state index is 11.0. The van der Waals surface area contributed by atoms with Crippen molar-refractivity contribution in [2.24, 2.45) is 5.73 Å². The van der Waals surface area contributed by atoms with E-state index in [0.717, 1.165) is 31.1 Å². The summed E-state index contributed by atoms with van der Waals surface area (Å²) < 4.78 is 16.0. The van der Waals surface area contributed by atoms with Crippen molar-refractivity contribution in [3.8, 4) is 0 Å². The minimum atomic E-state index is -0.593. The van der Waals surface area contributed by atoms with Crippen molar-refractivity contribution < 1.29 is 8.95 Å². The summed E-state index contributed by atoms with van der Waals surface area (Å²) in [6.07, 6.45) is 0. The topological polar surface area (TPSA) is 55.6 Å². The standard InChI is InChI=1S/C8H18N2O2S/c1-12-7-8(9)6-10-2-4-13(11)5-3-10/h8H,2-7,9H2,1H3. The van der Waals surface area contributed by atoms with Crippen molar-refractivity contribution in [3.05, 3.63) is 0 Å². The largest absolute Gasteiger partial charge is 0.383 e. The Balaban J connectivity index is 2.18. The Kier molecular flexibility index (Phi) is 4.87. The first-order valence-corrected chi connectivity index (χ1v) is 6.03. The number of rotatable bonds is 4. The minimum absolute atomic E-state index is 0.0801. The highest BCUT2D eigenvalue weighted by atomic mass is 32.2. The molecule has 1 saturated heterocycles. The lowest BCUT2D eigenvalue weighted by Gasteiger charge is -2.28. The van der Waals surface area contributed by atoms with Crippen LogP contribution in [0.25, 0.3) is 0 Å². The molecule has 0 aromatic rings. The van der Waals surface area contributed by atoms with Gasteiger partial charge in [-0.1, -0.05) is 0 Å². The lowest BCUT2D eigenvalue weighted by molar-refractivity contribution is 0.157. The van der Waals surface area contributed by atoms with Gasteiger partial charge in [0.15, 0.2) is 0 Å². The molecule has 1 heterocycles. The van der Waals surface area contributed by atoms with Crippen LogP contribution >= 0.6 is 0 Å². The monoisotopic (exact) mass is 206 g/mol. The number of nitrogens with two attached hydrogens (primary N) is 1. The lowest BCUT2D eigenvalue weighted by Crippen LogP contribution is -2.45. The van der Waals surface area contributed by atoms with Gasteiger partial charge in [0, 0.05) is 55.1 Å². The Bertz CT molecular complexity index is 168. The number of methoxy groups -OCH3 is 1. The van der Waals surface area contributed by atoms with E-state index in [1.165, 1.54) is 0 Å². The molecule has 0 aliphatic carbocycles. The summed E-state index contributed by atoms with van der Waals surface area (Å²) in [5, 5.41) is 0. The number of hydrogen-bond donors (Lipinski definition) is 1. The third-order valence-corrected chi connectivity index (χ3v) is 3.42. The summed E-state index contributed by atoms with van der Waals surface area (Å²) in [5.74, 6) is 1.58. The molecule has 1 fully saturated rings. The Labute approximate surface area is 81.9 Å². The van der Waals surface area contributed by atoms with Crippen LogP contribution < -0.4 is 5.73 Å². The molecule has 13 heavy (non-hydrogen) atoms. The van der Waals surface area contributed by atoms with Crippen LogP contribution in [0.1, 0.15) is 0 Å². The van der Waals surface area contributed by atoms with Crippen LogP contribution in [0.4, 0.5) is 0 Å². The van der Waals surface area contributed by atoms with Gasteiger partial charge in [0.05, 0.1) is 6.61 Å². The zero-order valence-corrected chi connectivity index (χ0v) is 8.89. The van der Waals surface area contributed by atoms with Crippen LogP contribution in [0.15, 0.2) is 0 Å². The van der Waals surface area contributed by atoms with E-state index in [2.05, 4.69) is 4.90 Å². The molecular formula is C8H18N2O2S. The molecule has 1 aliphatic rings. The van der Waals surface area contributed by atoms with Crippen LogP contribution in [-0.2, 0) is 15.5 Å². The Morgan fingerprint density at radius 2 is 2.15 bits per heavy atom. The van der Waals surface area contributed by atoms with Crippen LogP contribution in [0.5, 0.6) is 0 Å². The molecule has 0 radical (unpaired) electrons. The van der Waals surface area contributed by atoms with E-state index < -0.39 is 10.8 Å². The van der Waals surface area contributed by atoms with Crippen LogP contribution in [0, 0.1) is 0 Å². The molecule has 1 rings (SSSR count). The second-order valence-electron chi connectivity index (χ2n) is 3.36. The fourth-order valence-electron chi connectivity index (χ4n) is 1.46. The molecule has 0 spiro atoms. The quantitative estimate of drug-likeness (QED) is 0.643. The van der Waals surface area contributed by atoms with E-state index in [4.69, 9.17) is 10.5 Å². The van der Waals surface area contributed by atoms with E-state index in [1.807, 2.05) is 0 Å². The van der Waals surface area contributed by atoms with Crippen LogP contribution in [0.2, 0.25) is 0 Å². The summed E-state index contributed by atoms with van der Waals surface area (Å²) in [7, 11) is 1.06. The van der Waals surface area contributed by atoms with E-state index in [0.29, 0.717) is 6.61 Å². The highest BCUT2D eigenvalue weighted by Gasteiger charge is 2.16. The molecule has 5 heteroatoms. The van der Waals surface area contributed by atoms with Gasteiger partial charge in [-0.25, -0.2) is 0 Å². The van der Waals surface area contributed by atoms with Crippen LogP contribution in [-0.4, -0.2) is 60.0 Å². The number of nitrogens with zero attached hydrogens (tertiary/aromatic N) is 1. The van der Waals surface area contributed by atoms with Gasteiger partial charge >= 0.3 is 0 Å². The SMILES string of the molecule is COCC(N)CN1CCS(=O)CC1. The highest BCUT2D eigenvalue weighted by molar-refractivity contribution is 7.85. The minimum Gasteiger partial charge on any atom is -0.383 e. The van der Waals surface area contributed by atoms with Gasteiger partial charge in [-0.15, -0.1) is 0 Å². The molecule has 0 amide bonds. The second-order valence-corrected chi connectivity index (χ2v) is 5.06. The van der Waals surface area contributed by atoms with Gasteiger partial charge in [0.25, 0.3) is 0 Å². The van der Waals surface area contributed by atoms with Crippen molar-refractivity contribution >= 4 is 10.8 Å². The first-order valence-electron chi connectivity index (χ1n) is 4.54. The first kappa shape index (κ1) is 11.1. The van der Waals surface area contributed by atoms with Crippen molar-refractivity contribution in [2.75, 3.05) is 44.9 Å². The van der Waals surface area contributed by atoms with E-state index in [1.54, 1.807) is 7.11 Å². The maximum absolute atomic E-state index is 11.0. The van der Waals surface area contributed by atoms with Gasteiger partial charge < -0.3 is 10.5 Å². The van der Waals surface area contributed by atoms with Gasteiger partial charge in [0.1, 0.15) is 0 Å². The molecule has 0 bridgehead atoms. The molecular weight excluding hydrogens is 188 g/mol. The maximum Gasteiger partial charge on any atom is 0.0626 e. The summed E-state index contributed by atoms with van der Waals surface area (Å²) in [4.78, 5) is 2.26. The fourth-order valence-corrected chi connectivity index (χ4v) is 2.58. The predicted molar refractivity (Wildman–Crippen MR) is 54.2 cm³/mol. The van der Waals surface area contributed by atoms with E-state index >= 15 is 0 Å². The van der Waals surface area contributed by atoms with Crippen molar-refractivity contribution in [2.45, 2.75) is 6.04 Å². The molecule has 1 aliphatic heterocycles. The van der Waals surface area contributed by atoms with Crippen LogP contribution in [0.3, 0.4) is 0 Å². The van der Waals surface area contributed by atoms with Crippen molar-refractivity contribution in [1.29, 1.82) is 0 Å². The Morgan fingerprint density at radius 1 is 1.54 bits per heavy atom. The fraction of sp³-hybridized carbons (Fsp3) is 1.00. The van der Waals surface area contributed by atoms with Crippen molar-refractivity contribution in [3.63, 3.8) is 0 Å². The summed E-state index contributed by atoms with van der Waals surface area (Å²) >= 11 is 0. The molecule has 0 aromatic carbocycles. The summed E-state index contributed by atoms with van der Waals surface area (Å²) in [5.41, 5.74) is 5.81. The molecule has 4 nitrogen and oxygen atoms in total. The van der Waals surface area contributed by atoms with Gasteiger partial charge in [-0.05, 0) is 0 Å². The molecule has 1 unspecified atom stereocenters. The van der Waals surface area contributed by atoms with Gasteiger partial charge in [-0.3, -0.25) is 9.11 Å². The first-order chi connectivity index (χ1) is 6.22.